The largest absolute Gasteiger partial charge is 0.329 e. The zero-order valence-electron chi connectivity index (χ0n) is 12.7. The second-order valence-electron chi connectivity index (χ2n) is 6.13. The summed E-state index contributed by atoms with van der Waals surface area (Å²) in [5.41, 5.74) is 5.97. The Balaban J connectivity index is 4.27. The van der Waals surface area contributed by atoms with Gasteiger partial charge in [-0.05, 0) is 18.3 Å². The summed E-state index contributed by atoms with van der Waals surface area (Å²) in [6.45, 7) is 14.6. The fourth-order valence-electron chi connectivity index (χ4n) is 2.39. The molecule has 1 atom stereocenters. The van der Waals surface area contributed by atoms with E-state index in [1.807, 2.05) is 0 Å². The van der Waals surface area contributed by atoms with E-state index in [2.05, 4.69) is 39.5 Å². The predicted octanol–water partition coefficient (Wildman–Crippen LogP) is 3.51. The Labute approximate surface area is 109 Å². The molecule has 0 aromatic carbocycles. The first kappa shape index (κ1) is 16.9. The molecule has 2 N–H and O–H groups in total. The van der Waals surface area contributed by atoms with E-state index in [-0.39, 0.29) is 0 Å². The molecular formula is C15H34N2. The average molecular weight is 242 g/mol. The molecule has 17 heavy (non-hydrogen) atoms. The van der Waals surface area contributed by atoms with Crippen molar-refractivity contribution in [2.45, 2.75) is 66.3 Å². The van der Waals surface area contributed by atoms with Crippen LogP contribution in [0.5, 0.6) is 0 Å². The van der Waals surface area contributed by atoms with Gasteiger partial charge in [0.1, 0.15) is 0 Å². The van der Waals surface area contributed by atoms with E-state index < -0.39 is 0 Å². The maximum atomic E-state index is 5.97. The van der Waals surface area contributed by atoms with Crippen molar-refractivity contribution < 1.29 is 0 Å². The van der Waals surface area contributed by atoms with Crippen LogP contribution in [0.2, 0.25) is 0 Å². The SMILES string of the molecule is CCCCCC(CN)N(CC(C)C)CC(C)C. The van der Waals surface area contributed by atoms with Crippen molar-refractivity contribution in [2.75, 3.05) is 19.6 Å². The van der Waals surface area contributed by atoms with E-state index in [1.165, 1.54) is 38.8 Å². The van der Waals surface area contributed by atoms with E-state index in [0.29, 0.717) is 6.04 Å². The van der Waals surface area contributed by atoms with Crippen LogP contribution in [0.15, 0.2) is 0 Å². The molecule has 0 aliphatic heterocycles. The van der Waals surface area contributed by atoms with Gasteiger partial charge >= 0.3 is 0 Å². The highest BCUT2D eigenvalue weighted by Crippen LogP contribution is 2.13. The molecule has 0 aliphatic rings. The number of unbranched alkanes of at least 4 members (excludes halogenated alkanes) is 2. The zero-order valence-corrected chi connectivity index (χ0v) is 12.7. The van der Waals surface area contributed by atoms with Crippen molar-refractivity contribution in [3.8, 4) is 0 Å². The molecule has 2 nitrogen and oxygen atoms in total. The first-order valence-electron chi connectivity index (χ1n) is 7.45. The highest BCUT2D eigenvalue weighted by Gasteiger charge is 2.18. The van der Waals surface area contributed by atoms with Gasteiger partial charge in [0.05, 0.1) is 0 Å². The molecule has 2 heteroatoms. The summed E-state index contributed by atoms with van der Waals surface area (Å²) in [4.78, 5) is 2.62. The molecule has 0 heterocycles. The zero-order chi connectivity index (χ0) is 13.3. The van der Waals surface area contributed by atoms with Crippen molar-refractivity contribution in [3.05, 3.63) is 0 Å². The van der Waals surface area contributed by atoms with Crippen LogP contribution in [0, 0.1) is 11.8 Å². The van der Waals surface area contributed by atoms with Gasteiger partial charge in [0, 0.05) is 25.7 Å². The van der Waals surface area contributed by atoms with Crippen LogP contribution in [0.4, 0.5) is 0 Å². The Morgan fingerprint density at radius 3 is 1.82 bits per heavy atom. The minimum atomic E-state index is 0.589. The highest BCUT2D eigenvalue weighted by molar-refractivity contribution is 4.74. The van der Waals surface area contributed by atoms with E-state index in [4.69, 9.17) is 5.73 Å². The lowest BCUT2D eigenvalue weighted by Crippen LogP contribution is -2.44. The fraction of sp³-hybridized carbons (Fsp3) is 1.00. The number of nitrogens with zero attached hydrogens (tertiary/aromatic N) is 1. The molecule has 0 saturated carbocycles. The Bertz CT molecular complexity index is 156. The normalized spacial score (nSPS) is 13.9. The third kappa shape index (κ3) is 8.62. The van der Waals surface area contributed by atoms with Gasteiger partial charge in [0.2, 0.25) is 0 Å². The minimum Gasteiger partial charge on any atom is -0.329 e. The van der Waals surface area contributed by atoms with Gasteiger partial charge in [-0.25, -0.2) is 0 Å². The molecule has 0 spiro atoms. The molecule has 0 rings (SSSR count). The van der Waals surface area contributed by atoms with Crippen LogP contribution in [-0.4, -0.2) is 30.6 Å². The predicted molar refractivity (Wildman–Crippen MR) is 78.2 cm³/mol. The van der Waals surface area contributed by atoms with E-state index in [0.717, 1.165) is 18.4 Å². The third-order valence-corrected chi connectivity index (χ3v) is 3.13. The summed E-state index contributed by atoms with van der Waals surface area (Å²) in [6.07, 6.45) is 5.23. The lowest BCUT2D eigenvalue weighted by atomic mass is 10.0. The summed E-state index contributed by atoms with van der Waals surface area (Å²) >= 11 is 0. The first-order valence-corrected chi connectivity index (χ1v) is 7.45. The van der Waals surface area contributed by atoms with E-state index in [1.54, 1.807) is 0 Å². The lowest BCUT2D eigenvalue weighted by molar-refractivity contribution is 0.150. The fourth-order valence-corrected chi connectivity index (χ4v) is 2.39. The third-order valence-electron chi connectivity index (χ3n) is 3.13. The molecule has 104 valence electrons. The Morgan fingerprint density at radius 1 is 0.941 bits per heavy atom. The van der Waals surface area contributed by atoms with Crippen molar-refractivity contribution in [2.24, 2.45) is 17.6 Å². The van der Waals surface area contributed by atoms with Gasteiger partial charge < -0.3 is 5.73 Å². The monoisotopic (exact) mass is 242 g/mol. The van der Waals surface area contributed by atoms with Crippen molar-refractivity contribution in [3.63, 3.8) is 0 Å². The second kappa shape index (κ2) is 9.90. The molecule has 0 aliphatic carbocycles. The average Bonchev–Trinajstić information content (AvgIpc) is 2.22. The van der Waals surface area contributed by atoms with Gasteiger partial charge in [-0.2, -0.15) is 0 Å². The molecule has 0 aromatic heterocycles. The Kier molecular flexibility index (Phi) is 9.85. The van der Waals surface area contributed by atoms with Crippen LogP contribution in [-0.2, 0) is 0 Å². The number of rotatable bonds is 10. The maximum absolute atomic E-state index is 5.97. The Morgan fingerprint density at radius 2 is 1.47 bits per heavy atom. The van der Waals surface area contributed by atoms with Crippen molar-refractivity contribution >= 4 is 0 Å². The van der Waals surface area contributed by atoms with Crippen molar-refractivity contribution in [1.82, 2.24) is 4.90 Å². The molecule has 0 aromatic rings. The molecular weight excluding hydrogens is 208 g/mol. The van der Waals surface area contributed by atoms with Crippen LogP contribution < -0.4 is 5.73 Å². The summed E-state index contributed by atoms with van der Waals surface area (Å²) in [6, 6.07) is 0.589. The highest BCUT2D eigenvalue weighted by atomic mass is 15.2. The van der Waals surface area contributed by atoms with Gasteiger partial charge in [-0.3, -0.25) is 4.90 Å². The molecule has 0 amide bonds. The molecule has 0 fully saturated rings. The number of nitrogens with two attached hydrogens (primary N) is 1. The summed E-state index contributed by atoms with van der Waals surface area (Å²) in [5, 5.41) is 0. The van der Waals surface area contributed by atoms with E-state index in [9.17, 15) is 0 Å². The smallest absolute Gasteiger partial charge is 0.0218 e. The van der Waals surface area contributed by atoms with Crippen LogP contribution in [0.25, 0.3) is 0 Å². The standard InChI is InChI=1S/C15H34N2/c1-6-7-8-9-15(10-16)17(11-13(2)3)12-14(4)5/h13-15H,6-12,16H2,1-5H3. The summed E-state index contributed by atoms with van der Waals surface area (Å²) in [7, 11) is 0. The molecule has 0 radical (unpaired) electrons. The topological polar surface area (TPSA) is 29.3 Å². The van der Waals surface area contributed by atoms with Crippen molar-refractivity contribution in [1.29, 1.82) is 0 Å². The van der Waals surface area contributed by atoms with Crippen LogP contribution >= 0.6 is 0 Å². The Hall–Kier alpha value is -0.0800. The van der Waals surface area contributed by atoms with Crippen LogP contribution in [0.1, 0.15) is 60.3 Å². The quantitative estimate of drug-likeness (QED) is 0.594. The first-order chi connectivity index (χ1) is 8.01. The molecule has 0 saturated heterocycles. The lowest BCUT2D eigenvalue weighted by Gasteiger charge is -2.33. The maximum Gasteiger partial charge on any atom is 0.0218 e. The van der Waals surface area contributed by atoms with E-state index >= 15 is 0 Å². The molecule has 0 bridgehead atoms. The van der Waals surface area contributed by atoms with Gasteiger partial charge in [0.25, 0.3) is 0 Å². The van der Waals surface area contributed by atoms with Gasteiger partial charge in [0.15, 0.2) is 0 Å². The summed E-state index contributed by atoms with van der Waals surface area (Å²) < 4.78 is 0. The molecule has 1 unspecified atom stereocenters. The van der Waals surface area contributed by atoms with Gasteiger partial charge in [-0.1, -0.05) is 53.9 Å². The number of hydrogen-bond donors (Lipinski definition) is 1. The second-order valence-corrected chi connectivity index (χ2v) is 6.13. The number of hydrogen-bond acceptors (Lipinski definition) is 2. The summed E-state index contributed by atoms with van der Waals surface area (Å²) in [5.74, 6) is 1.46. The van der Waals surface area contributed by atoms with Crippen LogP contribution in [0.3, 0.4) is 0 Å². The van der Waals surface area contributed by atoms with Gasteiger partial charge in [-0.15, -0.1) is 0 Å². The minimum absolute atomic E-state index is 0.589.